The van der Waals surface area contributed by atoms with Gasteiger partial charge in [0, 0.05) is 50.9 Å². The number of aryl methyl sites for hydroxylation is 1. The van der Waals surface area contributed by atoms with Gasteiger partial charge in [0.1, 0.15) is 11.1 Å². The summed E-state index contributed by atoms with van der Waals surface area (Å²) in [5, 5.41) is 3.29. The number of hydrogen-bond donors (Lipinski definition) is 0. The van der Waals surface area contributed by atoms with Crippen LogP contribution in [0.3, 0.4) is 0 Å². The molecule has 2 aliphatic rings. The van der Waals surface area contributed by atoms with Crippen molar-refractivity contribution in [3.63, 3.8) is 0 Å². The van der Waals surface area contributed by atoms with E-state index in [-0.39, 0.29) is 6.10 Å². The second-order valence-electron chi connectivity index (χ2n) is 7.54. The maximum absolute atomic E-state index is 5.66. The highest BCUT2D eigenvalue weighted by Crippen LogP contribution is 2.33. The number of thiazole rings is 1. The van der Waals surface area contributed by atoms with E-state index in [0.29, 0.717) is 6.04 Å². The second-order valence-corrected chi connectivity index (χ2v) is 8.43. The SMILES string of the molecule is CCOC(C)c1nc(CN2CCN(C3CCCc4cccnc43)CC2)cs1. The summed E-state index contributed by atoms with van der Waals surface area (Å²) in [5.74, 6) is 0. The van der Waals surface area contributed by atoms with E-state index in [9.17, 15) is 0 Å². The third kappa shape index (κ3) is 4.40. The minimum atomic E-state index is 0.101. The van der Waals surface area contributed by atoms with Crippen molar-refractivity contribution < 1.29 is 4.74 Å². The molecule has 0 radical (unpaired) electrons. The van der Waals surface area contributed by atoms with Gasteiger partial charge in [-0.25, -0.2) is 4.98 Å². The third-order valence-corrected chi connectivity index (χ3v) is 6.79. The van der Waals surface area contributed by atoms with Crippen LogP contribution in [0.5, 0.6) is 0 Å². The molecule has 0 spiro atoms. The minimum absolute atomic E-state index is 0.101. The van der Waals surface area contributed by atoms with Gasteiger partial charge in [-0.05, 0) is 44.7 Å². The minimum Gasteiger partial charge on any atom is -0.372 e. The van der Waals surface area contributed by atoms with Gasteiger partial charge in [-0.15, -0.1) is 11.3 Å². The van der Waals surface area contributed by atoms with Gasteiger partial charge in [0.25, 0.3) is 0 Å². The van der Waals surface area contributed by atoms with Gasteiger partial charge in [-0.2, -0.15) is 0 Å². The Bertz CT molecular complexity index is 741. The van der Waals surface area contributed by atoms with Crippen molar-refractivity contribution in [1.82, 2.24) is 19.8 Å². The smallest absolute Gasteiger partial charge is 0.122 e. The number of hydrogen-bond acceptors (Lipinski definition) is 6. The lowest BCUT2D eigenvalue weighted by Gasteiger charge is -2.40. The Balaban J connectivity index is 1.32. The monoisotopic (exact) mass is 386 g/mol. The van der Waals surface area contributed by atoms with Crippen LogP contribution in [0.1, 0.15) is 60.8 Å². The molecule has 0 amide bonds. The van der Waals surface area contributed by atoms with Crippen LogP contribution in [0.2, 0.25) is 0 Å². The molecule has 0 bridgehead atoms. The Morgan fingerprint density at radius 3 is 2.96 bits per heavy atom. The predicted molar refractivity (Wildman–Crippen MR) is 109 cm³/mol. The van der Waals surface area contributed by atoms with E-state index in [1.54, 1.807) is 11.3 Å². The maximum Gasteiger partial charge on any atom is 0.122 e. The van der Waals surface area contributed by atoms with Crippen LogP contribution in [-0.2, 0) is 17.7 Å². The van der Waals surface area contributed by atoms with E-state index in [4.69, 9.17) is 14.7 Å². The Labute approximate surface area is 166 Å². The largest absolute Gasteiger partial charge is 0.372 e. The summed E-state index contributed by atoms with van der Waals surface area (Å²) in [5.41, 5.74) is 3.96. The fourth-order valence-electron chi connectivity index (χ4n) is 4.31. The number of piperazine rings is 1. The van der Waals surface area contributed by atoms with Crippen molar-refractivity contribution in [2.24, 2.45) is 0 Å². The van der Waals surface area contributed by atoms with Gasteiger partial charge in [-0.3, -0.25) is 14.8 Å². The molecule has 5 nitrogen and oxygen atoms in total. The standard InChI is InChI=1S/C21H30N4OS/c1-3-26-16(2)21-23-18(15-27-21)14-24-10-12-25(13-11-24)19-8-4-6-17-7-5-9-22-20(17)19/h5,7,9,15-16,19H,3-4,6,8,10-14H2,1-2H3. The first-order valence-electron chi connectivity index (χ1n) is 10.2. The quantitative estimate of drug-likeness (QED) is 0.755. The Morgan fingerprint density at radius 2 is 2.15 bits per heavy atom. The van der Waals surface area contributed by atoms with Crippen molar-refractivity contribution in [2.45, 2.75) is 51.8 Å². The molecule has 0 saturated carbocycles. The summed E-state index contributed by atoms with van der Waals surface area (Å²) in [4.78, 5) is 14.7. The number of pyridine rings is 1. The molecule has 1 fully saturated rings. The molecule has 1 saturated heterocycles. The molecular weight excluding hydrogens is 356 g/mol. The van der Waals surface area contributed by atoms with Crippen molar-refractivity contribution in [3.8, 4) is 0 Å². The summed E-state index contributed by atoms with van der Waals surface area (Å²) in [7, 11) is 0. The van der Waals surface area contributed by atoms with Gasteiger partial charge in [0.2, 0.25) is 0 Å². The molecule has 0 N–H and O–H groups in total. The van der Waals surface area contributed by atoms with Crippen LogP contribution in [0, 0.1) is 0 Å². The summed E-state index contributed by atoms with van der Waals surface area (Å²) < 4.78 is 5.66. The Morgan fingerprint density at radius 1 is 1.30 bits per heavy atom. The zero-order chi connectivity index (χ0) is 18.6. The molecule has 6 heteroatoms. The van der Waals surface area contributed by atoms with E-state index in [2.05, 4.69) is 34.2 Å². The average molecular weight is 387 g/mol. The Kier molecular flexibility index (Phi) is 6.18. The summed E-state index contributed by atoms with van der Waals surface area (Å²) in [6.45, 7) is 10.2. The molecule has 27 heavy (non-hydrogen) atoms. The summed E-state index contributed by atoms with van der Waals surface area (Å²) >= 11 is 1.72. The molecule has 1 aliphatic heterocycles. The predicted octanol–water partition coefficient (Wildman–Crippen LogP) is 3.83. The molecule has 2 atom stereocenters. The zero-order valence-corrected chi connectivity index (χ0v) is 17.2. The van der Waals surface area contributed by atoms with E-state index in [1.807, 2.05) is 13.1 Å². The maximum atomic E-state index is 5.66. The van der Waals surface area contributed by atoms with E-state index >= 15 is 0 Å². The third-order valence-electron chi connectivity index (χ3n) is 5.73. The van der Waals surface area contributed by atoms with Crippen LogP contribution < -0.4 is 0 Å². The normalized spacial score (nSPS) is 22.5. The van der Waals surface area contributed by atoms with Crippen molar-refractivity contribution in [1.29, 1.82) is 0 Å². The Hall–Kier alpha value is -1.34. The van der Waals surface area contributed by atoms with E-state index in [1.165, 1.54) is 36.2 Å². The molecule has 3 heterocycles. The number of nitrogens with zero attached hydrogens (tertiary/aromatic N) is 4. The average Bonchev–Trinajstić information content (AvgIpc) is 3.17. The van der Waals surface area contributed by atoms with Crippen molar-refractivity contribution >= 4 is 11.3 Å². The molecule has 2 aromatic rings. The fraction of sp³-hybridized carbons (Fsp3) is 0.619. The number of ether oxygens (including phenoxy) is 1. The first-order valence-corrected chi connectivity index (χ1v) is 11.1. The van der Waals surface area contributed by atoms with Gasteiger partial charge >= 0.3 is 0 Å². The number of fused-ring (bicyclic) bond motifs is 1. The zero-order valence-electron chi connectivity index (χ0n) is 16.4. The molecule has 146 valence electrons. The topological polar surface area (TPSA) is 41.5 Å². The second kappa shape index (κ2) is 8.78. The highest BCUT2D eigenvalue weighted by molar-refractivity contribution is 7.09. The van der Waals surface area contributed by atoms with Crippen LogP contribution in [-0.4, -0.2) is 52.6 Å². The number of rotatable bonds is 6. The van der Waals surface area contributed by atoms with Gasteiger partial charge in [-0.1, -0.05) is 6.07 Å². The highest BCUT2D eigenvalue weighted by Gasteiger charge is 2.29. The van der Waals surface area contributed by atoms with Crippen LogP contribution in [0.25, 0.3) is 0 Å². The first-order chi connectivity index (χ1) is 13.2. The lowest BCUT2D eigenvalue weighted by Crippen LogP contribution is -2.47. The van der Waals surface area contributed by atoms with Gasteiger partial charge < -0.3 is 4.74 Å². The lowest BCUT2D eigenvalue weighted by atomic mass is 9.90. The molecule has 1 aliphatic carbocycles. The van der Waals surface area contributed by atoms with E-state index < -0.39 is 0 Å². The number of aromatic nitrogens is 2. The molecule has 2 unspecified atom stereocenters. The lowest BCUT2D eigenvalue weighted by molar-refractivity contribution is 0.0748. The van der Waals surface area contributed by atoms with Gasteiger partial charge in [0.05, 0.1) is 17.4 Å². The molecule has 4 rings (SSSR count). The summed E-state index contributed by atoms with van der Waals surface area (Å²) in [6.07, 6.45) is 5.77. The van der Waals surface area contributed by atoms with Crippen LogP contribution >= 0.6 is 11.3 Å². The van der Waals surface area contributed by atoms with Gasteiger partial charge in [0.15, 0.2) is 0 Å². The molecule has 0 aromatic carbocycles. The first kappa shape index (κ1) is 19.0. The van der Waals surface area contributed by atoms with Crippen molar-refractivity contribution in [3.05, 3.63) is 45.7 Å². The van der Waals surface area contributed by atoms with Crippen molar-refractivity contribution in [2.75, 3.05) is 32.8 Å². The fourth-order valence-corrected chi connectivity index (χ4v) is 5.12. The highest BCUT2D eigenvalue weighted by atomic mass is 32.1. The van der Waals surface area contributed by atoms with E-state index in [0.717, 1.165) is 44.3 Å². The molecular formula is C21H30N4OS. The summed E-state index contributed by atoms with van der Waals surface area (Å²) in [6, 6.07) is 4.84. The van der Waals surface area contributed by atoms with Crippen LogP contribution in [0.15, 0.2) is 23.7 Å². The van der Waals surface area contributed by atoms with Crippen LogP contribution in [0.4, 0.5) is 0 Å². The molecule has 2 aromatic heterocycles.